The first-order chi connectivity index (χ1) is 7.59. The zero-order valence-corrected chi connectivity index (χ0v) is 10.4. The van der Waals surface area contributed by atoms with E-state index in [1.54, 1.807) is 0 Å². The van der Waals surface area contributed by atoms with Gasteiger partial charge in [0.25, 0.3) is 0 Å². The van der Waals surface area contributed by atoms with Gasteiger partial charge >= 0.3 is 0 Å². The summed E-state index contributed by atoms with van der Waals surface area (Å²) < 4.78 is 5.48. The fraction of sp³-hybridized carbons (Fsp3) is 0.917. The Morgan fingerprint density at radius 1 is 1.62 bits per heavy atom. The molecule has 0 radical (unpaired) electrons. The molecule has 1 aliphatic heterocycles. The van der Waals surface area contributed by atoms with Gasteiger partial charge in [-0.2, -0.15) is 0 Å². The molecule has 0 aromatic heterocycles. The molecule has 3 N–H and O–H groups in total. The molecule has 0 bridgehead atoms. The highest BCUT2D eigenvalue weighted by Gasteiger charge is 2.23. The van der Waals surface area contributed by atoms with Crippen molar-refractivity contribution in [1.29, 1.82) is 0 Å². The molecule has 1 aliphatic rings. The lowest BCUT2D eigenvalue weighted by molar-refractivity contribution is -0.123. The molecule has 4 heteroatoms. The van der Waals surface area contributed by atoms with E-state index in [4.69, 9.17) is 10.5 Å². The lowest BCUT2D eigenvalue weighted by Gasteiger charge is -2.28. The van der Waals surface area contributed by atoms with E-state index >= 15 is 0 Å². The minimum Gasteiger partial charge on any atom is -0.378 e. The number of carbonyl (C=O) groups excluding carboxylic acids is 1. The maximum atomic E-state index is 11.7. The molecule has 0 spiro atoms. The lowest BCUT2D eigenvalue weighted by atomic mass is 9.98. The van der Waals surface area contributed by atoms with Gasteiger partial charge in [0.15, 0.2) is 0 Å². The van der Waals surface area contributed by atoms with Gasteiger partial charge in [-0.25, -0.2) is 0 Å². The molecule has 0 saturated carbocycles. The Hall–Kier alpha value is -0.610. The van der Waals surface area contributed by atoms with Gasteiger partial charge in [0.1, 0.15) is 0 Å². The Bertz CT molecular complexity index is 221. The predicted octanol–water partition coefficient (Wildman–Crippen LogP) is 1.19. The maximum absolute atomic E-state index is 11.7. The van der Waals surface area contributed by atoms with Crippen molar-refractivity contribution in [2.75, 3.05) is 13.2 Å². The van der Waals surface area contributed by atoms with Crippen LogP contribution in [0.1, 0.15) is 46.0 Å². The van der Waals surface area contributed by atoms with Gasteiger partial charge in [-0.05, 0) is 32.6 Å². The van der Waals surface area contributed by atoms with Gasteiger partial charge in [0.05, 0.1) is 6.10 Å². The number of amides is 1. The number of ether oxygens (including phenoxy) is 1. The fourth-order valence-electron chi connectivity index (χ4n) is 1.85. The molecule has 0 aromatic carbocycles. The van der Waals surface area contributed by atoms with Crippen LogP contribution >= 0.6 is 0 Å². The van der Waals surface area contributed by atoms with E-state index in [0.717, 1.165) is 32.3 Å². The summed E-state index contributed by atoms with van der Waals surface area (Å²) in [5.74, 6) is 0.0882. The second-order valence-electron chi connectivity index (χ2n) is 4.84. The number of nitrogens with two attached hydrogens (primary N) is 1. The molecule has 1 amide bonds. The monoisotopic (exact) mass is 228 g/mol. The van der Waals surface area contributed by atoms with Crippen LogP contribution in [0, 0.1) is 0 Å². The maximum Gasteiger partial charge on any atom is 0.220 e. The summed E-state index contributed by atoms with van der Waals surface area (Å²) in [7, 11) is 0. The van der Waals surface area contributed by atoms with Crippen LogP contribution in [0.2, 0.25) is 0 Å². The summed E-state index contributed by atoms with van der Waals surface area (Å²) in [5.41, 5.74) is 5.39. The van der Waals surface area contributed by atoms with Crippen molar-refractivity contribution in [3.63, 3.8) is 0 Å². The molecule has 1 fully saturated rings. The predicted molar refractivity (Wildman–Crippen MR) is 64.1 cm³/mol. The number of nitrogens with one attached hydrogen (secondary N) is 1. The molecule has 4 nitrogen and oxygen atoms in total. The van der Waals surface area contributed by atoms with Crippen molar-refractivity contribution >= 4 is 5.91 Å². The van der Waals surface area contributed by atoms with E-state index in [1.807, 2.05) is 13.8 Å². The lowest BCUT2D eigenvalue weighted by Crippen LogP contribution is -2.50. The second kappa shape index (κ2) is 6.21. The molecule has 94 valence electrons. The minimum atomic E-state index is -0.256. The van der Waals surface area contributed by atoms with Gasteiger partial charge in [-0.3, -0.25) is 4.79 Å². The van der Waals surface area contributed by atoms with Gasteiger partial charge in [-0.15, -0.1) is 0 Å². The topological polar surface area (TPSA) is 64.3 Å². The van der Waals surface area contributed by atoms with Crippen LogP contribution in [-0.2, 0) is 9.53 Å². The Labute approximate surface area is 97.9 Å². The standard InChI is InChI=1S/C12H24N2O2/c1-3-12(2,9-13)14-11(15)7-6-10-5-4-8-16-10/h10H,3-9,13H2,1-2H3,(H,14,15). The van der Waals surface area contributed by atoms with E-state index in [9.17, 15) is 4.79 Å². The summed E-state index contributed by atoms with van der Waals surface area (Å²) in [6.45, 7) is 5.35. The zero-order valence-electron chi connectivity index (χ0n) is 10.4. The van der Waals surface area contributed by atoms with Crippen molar-refractivity contribution in [3.8, 4) is 0 Å². The second-order valence-corrected chi connectivity index (χ2v) is 4.84. The number of rotatable bonds is 6. The zero-order chi connectivity index (χ0) is 12.0. The average molecular weight is 228 g/mol. The van der Waals surface area contributed by atoms with Gasteiger partial charge in [0.2, 0.25) is 5.91 Å². The molecule has 0 aliphatic carbocycles. The molecule has 1 heterocycles. The Kier molecular flexibility index (Phi) is 5.22. The van der Waals surface area contributed by atoms with Crippen LogP contribution in [0.15, 0.2) is 0 Å². The van der Waals surface area contributed by atoms with Crippen molar-refractivity contribution in [1.82, 2.24) is 5.32 Å². The SMILES string of the molecule is CCC(C)(CN)NC(=O)CCC1CCCO1. The van der Waals surface area contributed by atoms with Crippen LogP contribution in [0.25, 0.3) is 0 Å². The molecule has 1 saturated heterocycles. The first kappa shape index (κ1) is 13.5. The smallest absolute Gasteiger partial charge is 0.220 e. The summed E-state index contributed by atoms with van der Waals surface area (Å²) in [5, 5.41) is 3.00. The number of hydrogen-bond acceptors (Lipinski definition) is 3. The van der Waals surface area contributed by atoms with Gasteiger partial charge < -0.3 is 15.8 Å². The van der Waals surface area contributed by atoms with E-state index in [2.05, 4.69) is 5.32 Å². The summed E-state index contributed by atoms with van der Waals surface area (Å²) in [6.07, 6.45) is 4.74. The summed E-state index contributed by atoms with van der Waals surface area (Å²) in [6, 6.07) is 0. The first-order valence-corrected chi connectivity index (χ1v) is 6.22. The van der Waals surface area contributed by atoms with Gasteiger partial charge in [-0.1, -0.05) is 6.92 Å². The average Bonchev–Trinajstić information content (AvgIpc) is 2.79. The number of carbonyl (C=O) groups is 1. The van der Waals surface area contributed by atoms with Crippen LogP contribution in [0.5, 0.6) is 0 Å². The molecular formula is C12H24N2O2. The van der Waals surface area contributed by atoms with Crippen LogP contribution in [-0.4, -0.2) is 30.7 Å². The third-order valence-corrected chi connectivity index (χ3v) is 3.39. The van der Waals surface area contributed by atoms with Gasteiger partial charge in [0, 0.05) is 25.1 Å². The van der Waals surface area contributed by atoms with Crippen LogP contribution in [0.4, 0.5) is 0 Å². The van der Waals surface area contributed by atoms with Crippen LogP contribution < -0.4 is 11.1 Å². The van der Waals surface area contributed by atoms with Crippen LogP contribution in [0.3, 0.4) is 0 Å². The van der Waals surface area contributed by atoms with E-state index in [0.29, 0.717) is 13.0 Å². The summed E-state index contributed by atoms with van der Waals surface area (Å²) >= 11 is 0. The largest absolute Gasteiger partial charge is 0.378 e. The highest BCUT2D eigenvalue weighted by molar-refractivity contribution is 5.76. The Morgan fingerprint density at radius 3 is 2.88 bits per heavy atom. The fourth-order valence-corrected chi connectivity index (χ4v) is 1.85. The van der Waals surface area contributed by atoms with Crippen molar-refractivity contribution in [3.05, 3.63) is 0 Å². The first-order valence-electron chi connectivity index (χ1n) is 6.22. The van der Waals surface area contributed by atoms with Crippen molar-refractivity contribution in [2.45, 2.75) is 57.6 Å². The van der Waals surface area contributed by atoms with E-state index in [1.165, 1.54) is 0 Å². The molecule has 2 unspecified atom stereocenters. The third kappa shape index (κ3) is 4.10. The highest BCUT2D eigenvalue weighted by Crippen LogP contribution is 2.17. The normalized spacial score (nSPS) is 24.1. The molecule has 16 heavy (non-hydrogen) atoms. The third-order valence-electron chi connectivity index (χ3n) is 3.39. The van der Waals surface area contributed by atoms with Crippen molar-refractivity contribution < 1.29 is 9.53 Å². The Balaban J connectivity index is 2.24. The van der Waals surface area contributed by atoms with E-state index < -0.39 is 0 Å². The molecule has 0 aromatic rings. The quantitative estimate of drug-likeness (QED) is 0.717. The molecule has 2 atom stereocenters. The molecular weight excluding hydrogens is 204 g/mol. The number of hydrogen-bond donors (Lipinski definition) is 2. The Morgan fingerprint density at radius 2 is 2.38 bits per heavy atom. The minimum absolute atomic E-state index is 0.0882. The highest BCUT2D eigenvalue weighted by atomic mass is 16.5. The van der Waals surface area contributed by atoms with E-state index in [-0.39, 0.29) is 17.6 Å². The molecule has 1 rings (SSSR count). The van der Waals surface area contributed by atoms with Crippen molar-refractivity contribution in [2.24, 2.45) is 5.73 Å². The summed E-state index contributed by atoms with van der Waals surface area (Å²) in [4.78, 5) is 11.7.